The van der Waals surface area contributed by atoms with Gasteiger partial charge >= 0.3 is 0 Å². The first kappa shape index (κ1) is 14.9. The molecule has 0 heterocycles. The molecule has 3 heteroatoms. The number of hydrogen-bond acceptors (Lipinski definition) is 2. The lowest BCUT2D eigenvalue weighted by atomic mass is 10.0. The SMILES string of the molecule is CCN(Cc1ccc(N)cc1)C(=O)C1C(C)(C)C1(C)C. The summed E-state index contributed by atoms with van der Waals surface area (Å²) in [6.45, 7) is 12.2. The third-order valence-corrected chi connectivity index (χ3v) is 5.31. The predicted molar refractivity (Wildman–Crippen MR) is 83.0 cm³/mol. The van der Waals surface area contributed by atoms with E-state index in [2.05, 4.69) is 27.7 Å². The Labute approximate surface area is 122 Å². The second-order valence-electron chi connectivity index (χ2n) is 6.97. The van der Waals surface area contributed by atoms with Crippen molar-refractivity contribution in [2.24, 2.45) is 16.7 Å². The van der Waals surface area contributed by atoms with Gasteiger partial charge in [0.2, 0.25) is 5.91 Å². The number of carbonyl (C=O) groups is 1. The van der Waals surface area contributed by atoms with E-state index in [1.54, 1.807) is 0 Å². The molecular formula is C17H26N2O. The van der Waals surface area contributed by atoms with Crippen LogP contribution in [0.5, 0.6) is 0 Å². The molecule has 1 fully saturated rings. The quantitative estimate of drug-likeness (QED) is 0.856. The number of nitrogens with two attached hydrogens (primary N) is 1. The van der Waals surface area contributed by atoms with Gasteiger partial charge in [0.25, 0.3) is 0 Å². The number of hydrogen-bond donors (Lipinski definition) is 1. The van der Waals surface area contributed by atoms with Crippen molar-refractivity contribution in [2.45, 2.75) is 41.2 Å². The fourth-order valence-electron chi connectivity index (χ4n) is 3.19. The summed E-state index contributed by atoms with van der Waals surface area (Å²) in [5, 5.41) is 0. The molecule has 0 bridgehead atoms. The lowest BCUT2D eigenvalue weighted by Gasteiger charge is -2.22. The zero-order chi connectivity index (χ0) is 15.1. The number of carbonyl (C=O) groups excluding carboxylic acids is 1. The zero-order valence-electron chi connectivity index (χ0n) is 13.2. The summed E-state index contributed by atoms with van der Waals surface area (Å²) in [6, 6.07) is 7.76. The third-order valence-electron chi connectivity index (χ3n) is 5.31. The first-order valence-corrected chi connectivity index (χ1v) is 7.35. The maximum absolute atomic E-state index is 12.7. The Morgan fingerprint density at radius 2 is 1.65 bits per heavy atom. The summed E-state index contributed by atoms with van der Waals surface area (Å²) in [6.07, 6.45) is 0. The molecule has 1 aromatic rings. The van der Waals surface area contributed by atoms with Gasteiger partial charge in [-0.3, -0.25) is 4.79 Å². The molecule has 0 spiro atoms. The minimum Gasteiger partial charge on any atom is -0.399 e. The summed E-state index contributed by atoms with van der Waals surface area (Å²) in [5.41, 5.74) is 7.78. The molecular weight excluding hydrogens is 248 g/mol. The van der Waals surface area contributed by atoms with Crippen LogP contribution in [-0.2, 0) is 11.3 Å². The molecule has 110 valence electrons. The molecule has 0 unspecified atom stereocenters. The summed E-state index contributed by atoms with van der Waals surface area (Å²) in [5.74, 6) is 0.406. The van der Waals surface area contributed by atoms with E-state index >= 15 is 0 Å². The summed E-state index contributed by atoms with van der Waals surface area (Å²) in [7, 11) is 0. The highest BCUT2D eigenvalue weighted by Crippen LogP contribution is 2.68. The Hall–Kier alpha value is -1.51. The van der Waals surface area contributed by atoms with Gasteiger partial charge in [-0.05, 0) is 35.4 Å². The molecule has 2 rings (SSSR count). The fraction of sp³-hybridized carbons (Fsp3) is 0.588. The number of nitrogens with zero attached hydrogens (tertiary/aromatic N) is 1. The van der Waals surface area contributed by atoms with Crippen LogP contribution in [-0.4, -0.2) is 17.4 Å². The maximum Gasteiger partial charge on any atom is 0.227 e. The van der Waals surface area contributed by atoms with E-state index in [4.69, 9.17) is 5.73 Å². The first-order valence-electron chi connectivity index (χ1n) is 7.35. The van der Waals surface area contributed by atoms with Gasteiger partial charge in [0.1, 0.15) is 0 Å². The summed E-state index contributed by atoms with van der Waals surface area (Å²) in [4.78, 5) is 14.7. The van der Waals surface area contributed by atoms with Crippen LogP contribution in [0.15, 0.2) is 24.3 Å². The average molecular weight is 274 g/mol. The van der Waals surface area contributed by atoms with E-state index in [-0.39, 0.29) is 22.7 Å². The smallest absolute Gasteiger partial charge is 0.227 e. The van der Waals surface area contributed by atoms with Crippen molar-refractivity contribution in [1.82, 2.24) is 4.90 Å². The Morgan fingerprint density at radius 1 is 1.15 bits per heavy atom. The first-order chi connectivity index (χ1) is 9.21. The maximum atomic E-state index is 12.7. The fourth-order valence-corrected chi connectivity index (χ4v) is 3.19. The van der Waals surface area contributed by atoms with Crippen molar-refractivity contribution >= 4 is 11.6 Å². The highest BCUT2D eigenvalue weighted by Gasteiger charge is 2.68. The topological polar surface area (TPSA) is 46.3 Å². The molecule has 1 aliphatic carbocycles. The normalized spacial score (nSPS) is 19.6. The molecule has 2 N–H and O–H groups in total. The molecule has 0 atom stereocenters. The minimum absolute atomic E-state index is 0.0959. The van der Waals surface area contributed by atoms with Crippen LogP contribution >= 0.6 is 0 Å². The Bertz CT molecular complexity index is 488. The number of rotatable bonds is 4. The minimum atomic E-state index is 0.0959. The highest BCUT2D eigenvalue weighted by atomic mass is 16.2. The Morgan fingerprint density at radius 3 is 2.05 bits per heavy atom. The van der Waals surface area contributed by atoms with Crippen molar-refractivity contribution in [1.29, 1.82) is 0 Å². The van der Waals surface area contributed by atoms with Crippen molar-refractivity contribution in [3.63, 3.8) is 0 Å². The van der Waals surface area contributed by atoms with Crippen LogP contribution in [0.3, 0.4) is 0 Å². The molecule has 1 saturated carbocycles. The zero-order valence-corrected chi connectivity index (χ0v) is 13.2. The van der Waals surface area contributed by atoms with E-state index in [0.29, 0.717) is 6.54 Å². The van der Waals surface area contributed by atoms with E-state index < -0.39 is 0 Å². The summed E-state index contributed by atoms with van der Waals surface area (Å²) < 4.78 is 0. The van der Waals surface area contributed by atoms with Gasteiger partial charge in [0.15, 0.2) is 0 Å². The van der Waals surface area contributed by atoms with Crippen LogP contribution in [0.2, 0.25) is 0 Å². The Kier molecular flexibility index (Phi) is 3.57. The number of anilines is 1. The lowest BCUT2D eigenvalue weighted by Crippen LogP contribution is -2.33. The highest BCUT2D eigenvalue weighted by molar-refractivity contribution is 5.84. The lowest BCUT2D eigenvalue weighted by molar-refractivity contribution is -0.134. The molecule has 0 aromatic heterocycles. The number of nitrogen functional groups attached to an aromatic ring is 1. The molecule has 0 radical (unpaired) electrons. The largest absolute Gasteiger partial charge is 0.399 e. The van der Waals surface area contributed by atoms with Crippen LogP contribution in [0, 0.1) is 16.7 Å². The number of benzene rings is 1. The Balaban J connectivity index is 2.10. The molecule has 0 saturated heterocycles. The van der Waals surface area contributed by atoms with Crippen LogP contribution < -0.4 is 5.73 Å². The molecule has 1 aliphatic rings. The summed E-state index contributed by atoms with van der Waals surface area (Å²) >= 11 is 0. The van der Waals surface area contributed by atoms with Gasteiger partial charge in [0.05, 0.1) is 0 Å². The van der Waals surface area contributed by atoms with Crippen molar-refractivity contribution < 1.29 is 4.79 Å². The molecule has 0 aliphatic heterocycles. The van der Waals surface area contributed by atoms with Gasteiger partial charge in [-0.15, -0.1) is 0 Å². The molecule has 1 amide bonds. The van der Waals surface area contributed by atoms with Gasteiger partial charge in [-0.25, -0.2) is 0 Å². The standard InChI is InChI=1S/C17H26N2O/c1-6-19(11-12-7-9-13(18)10-8-12)15(20)14-16(2,3)17(14,4)5/h7-10,14H,6,11,18H2,1-5H3. The van der Waals surface area contributed by atoms with Gasteiger partial charge in [0, 0.05) is 24.7 Å². The second kappa shape index (κ2) is 4.80. The number of amides is 1. The van der Waals surface area contributed by atoms with Crippen molar-refractivity contribution in [3.05, 3.63) is 29.8 Å². The van der Waals surface area contributed by atoms with Crippen molar-refractivity contribution in [3.8, 4) is 0 Å². The van der Waals surface area contributed by atoms with Gasteiger partial charge < -0.3 is 10.6 Å². The van der Waals surface area contributed by atoms with E-state index in [9.17, 15) is 4.79 Å². The average Bonchev–Trinajstić information content (AvgIpc) is 2.78. The van der Waals surface area contributed by atoms with Crippen LogP contribution in [0.4, 0.5) is 5.69 Å². The third kappa shape index (κ3) is 2.30. The van der Waals surface area contributed by atoms with Crippen molar-refractivity contribution in [2.75, 3.05) is 12.3 Å². The molecule has 1 aromatic carbocycles. The van der Waals surface area contributed by atoms with Crippen LogP contribution in [0.1, 0.15) is 40.2 Å². The van der Waals surface area contributed by atoms with Gasteiger partial charge in [-0.2, -0.15) is 0 Å². The van der Waals surface area contributed by atoms with Crippen LogP contribution in [0.25, 0.3) is 0 Å². The van der Waals surface area contributed by atoms with E-state index in [0.717, 1.165) is 17.8 Å². The van der Waals surface area contributed by atoms with E-state index in [1.807, 2.05) is 36.1 Å². The van der Waals surface area contributed by atoms with Gasteiger partial charge in [-0.1, -0.05) is 39.8 Å². The monoisotopic (exact) mass is 274 g/mol. The molecule has 3 nitrogen and oxygen atoms in total. The second-order valence-corrected chi connectivity index (χ2v) is 6.97. The van der Waals surface area contributed by atoms with E-state index in [1.165, 1.54) is 0 Å². The molecule has 20 heavy (non-hydrogen) atoms. The predicted octanol–water partition coefficient (Wildman–Crippen LogP) is 3.30.